The number of nitrogens with zero attached hydrogens (tertiary/aromatic N) is 7. The van der Waals surface area contributed by atoms with E-state index >= 15 is 0 Å². The minimum absolute atomic E-state index is 0.0532. The van der Waals surface area contributed by atoms with Crippen molar-refractivity contribution in [2.75, 3.05) is 24.7 Å². The summed E-state index contributed by atoms with van der Waals surface area (Å²) in [5, 5.41) is 10.7. The predicted octanol–water partition coefficient (Wildman–Crippen LogP) is 3.21. The molecule has 0 amide bonds. The van der Waals surface area contributed by atoms with E-state index in [1.165, 1.54) is 0 Å². The number of rotatable bonds is 3. The number of H-pyrrole nitrogens is 1. The maximum atomic E-state index is 13.1. The molecule has 0 radical (unpaired) electrons. The van der Waals surface area contributed by atoms with E-state index in [0.717, 1.165) is 28.2 Å². The molecule has 4 aromatic rings. The first kappa shape index (κ1) is 19.9. The molecule has 0 spiro atoms. The Kier molecular flexibility index (Phi) is 4.66. The van der Waals surface area contributed by atoms with Crippen molar-refractivity contribution in [3.63, 3.8) is 0 Å². The van der Waals surface area contributed by atoms with Gasteiger partial charge in [0.15, 0.2) is 0 Å². The molecule has 0 bridgehead atoms. The zero-order chi connectivity index (χ0) is 21.8. The van der Waals surface area contributed by atoms with Crippen LogP contribution in [-0.2, 0) is 10.9 Å². The quantitative estimate of drug-likeness (QED) is 0.512. The van der Waals surface area contributed by atoms with Gasteiger partial charge in [0.05, 0.1) is 36.3 Å². The molecule has 1 saturated heterocycles. The molecule has 4 aromatic heterocycles. The predicted molar refractivity (Wildman–Crippen MR) is 107 cm³/mol. The van der Waals surface area contributed by atoms with Crippen LogP contribution < -0.4 is 4.90 Å². The number of nitrogens with one attached hydrogen (secondary N) is 1. The lowest BCUT2D eigenvalue weighted by atomic mass is 10.2. The van der Waals surface area contributed by atoms with Crippen LogP contribution in [0.5, 0.6) is 0 Å². The molecule has 0 aromatic carbocycles. The van der Waals surface area contributed by atoms with Crippen molar-refractivity contribution in [2.45, 2.75) is 26.1 Å². The Morgan fingerprint density at radius 2 is 2.13 bits per heavy atom. The highest BCUT2D eigenvalue weighted by atomic mass is 32.1. The van der Waals surface area contributed by atoms with Gasteiger partial charge in [-0.3, -0.25) is 5.10 Å². The van der Waals surface area contributed by atoms with Crippen molar-refractivity contribution in [2.24, 2.45) is 0 Å². The van der Waals surface area contributed by atoms with Crippen LogP contribution in [0.15, 0.2) is 18.5 Å². The van der Waals surface area contributed by atoms with E-state index in [4.69, 9.17) is 9.72 Å². The molecule has 9 nitrogen and oxygen atoms in total. The summed E-state index contributed by atoms with van der Waals surface area (Å²) in [6, 6.07) is 3.62. The van der Waals surface area contributed by atoms with Crippen LogP contribution in [0.3, 0.4) is 0 Å². The van der Waals surface area contributed by atoms with Crippen LogP contribution >= 0.6 is 11.5 Å². The molecule has 13 heteroatoms. The van der Waals surface area contributed by atoms with Gasteiger partial charge in [-0.05, 0) is 31.4 Å². The lowest BCUT2D eigenvalue weighted by molar-refractivity contribution is -0.144. The summed E-state index contributed by atoms with van der Waals surface area (Å²) in [6.45, 7) is 5.54. The Morgan fingerprint density at radius 1 is 1.29 bits per heavy atom. The average Bonchev–Trinajstić information content (AvgIpc) is 3.46. The van der Waals surface area contributed by atoms with Crippen molar-refractivity contribution >= 4 is 27.6 Å². The molecule has 1 fully saturated rings. The summed E-state index contributed by atoms with van der Waals surface area (Å²) in [5.41, 5.74) is 3.05. The van der Waals surface area contributed by atoms with E-state index in [-0.39, 0.29) is 6.04 Å². The van der Waals surface area contributed by atoms with E-state index in [2.05, 4.69) is 29.6 Å². The van der Waals surface area contributed by atoms with Gasteiger partial charge in [-0.25, -0.2) is 14.6 Å². The number of pyridine rings is 1. The fourth-order valence-corrected chi connectivity index (χ4v) is 4.35. The molecular weight excluding hydrogens is 433 g/mol. The number of morpholine rings is 1. The molecule has 5 heterocycles. The van der Waals surface area contributed by atoms with Gasteiger partial charge in [0.25, 0.3) is 5.82 Å². The Hall–Kier alpha value is -3.06. The Balaban J connectivity index is 1.71. The van der Waals surface area contributed by atoms with Gasteiger partial charge in [-0.1, -0.05) is 0 Å². The molecule has 0 unspecified atom stereocenters. The van der Waals surface area contributed by atoms with Crippen molar-refractivity contribution in [3.05, 3.63) is 30.0 Å². The molecular formula is C18H17F3N8OS. The standard InChI is InChI=1S/C18H17F3N8OS/c1-9-5-11(25-24-9)14-15-16(31-27-14)12(29-8-22-17(26-29)18(19,20)21)6-13(23-15)28-3-4-30-7-10(28)2/h5-6,8,10H,3-4,7H2,1-2H3,(H,24,25)/t10-/m1/s1. The highest BCUT2D eigenvalue weighted by Crippen LogP contribution is 2.36. The first-order valence-corrected chi connectivity index (χ1v) is 10.2. The second-order valence-corrected chi connectivity index (χ2v) is 8.03. The van der Waals surface area contributed by atoms with Crippen molar-refractivity contribution in [1.29, 1.82) is 0 Å². The lowest BCUT2D eigenvalue weighted by Crippen LogP contribution is -2.44. The molecule has 0 aliphatic carbocycles. The number of fused-ring (bicyclic) bond motifs is 1. The Labute approximate surface area is 178 Å². The lowest BCUT2D eigenvalue weighted by Gasteiger charge is -2.34. The third kappa shape index (κ3) is 3.53. The summed E-state index contributed by atoms with van der Waals surface area (Å²) < 4.78 is 51.0. The SMILES string of the molecule is Cc1cc(-c2nsc3c(-n4cnc(C(F)(F)F)n4)cc(N4CCOC[C@H]4C)nc23)[nH]n1. The maximum Gasteiger partial charge on any atom is 0.453 e. The summed E-state index contributed by atoms with van der Waals surface area (Å²) >= 11 is 1.14. The molecule has 5 rings (SSSR count). The number of aryl methyl sites for hydroxylation is 1. The van der Waals surface area contributed by atoms with Gasteiger partial charge < -0.3 is 9.64 Å². The van der Waals surface area contributed by atoms with E-state index < -0.39 is 12.0 Å². The van der Waals surface area contributed by atoms with Crippen LogP contribution in [0.2, 0.25) is 0 Å². The smallest absolute Gasteiger partial charge is 0.377 e. The number of anilines is 1. The molecule has 162 valence electrons. The molecule has 1 aliphatic rings. The molecule has 1 aliphatic heterocycles. The van der Waals surface area contributed by atoms with Gasteiger partial charge in [0, 0.05) is 12.6 Å². The zero-order valence-corrected chi connectivity index (χ0v) is 17.3. The van der Waals surface area contributed by atoms with Crippen LogP contribution in [0.4, 0.5) is 19.0 Å². The minimum Gasteiger partial charge on any atom is -0.377 e. The van der Waals surface area contributed by atoms with Crippen molar-refractivity contribution < 1.29 is 17.9 Å². The van der Waals surface area contributed by atoms with Crippen LogP contribution in [0.25, 0.3) is 27.3 Å². The van der Waals surface area contributed by atoms with E-state index in [9.17, 15) is 13.2 Å². The van der Waals surface area contributed by atoms with Gasteiger partial charge in [-0.15, -0.1) is 5.10 Å². The van der Waals surface area contributed by atoms with Gasteiger partial charge in [-0.2, -0.15) is 22.6 Å². The van der Waals surface area contributed by atoms with Gasteiger partial charge in [0.1, 0.15) is 28.1 Å². The first-order valence-electron chi connectivity index (χ1n) is 9.47. The number of alkyl halides is 3. The topological polar surface area (TPSA) is 97.6 Å². The van der Waals surface area contributed by atoms with Crippen LogP contribution in [0, 0.1) is 6.92 Å². The Morgan fingerprint density at radius 3 is 2.81 bits per heavy atom. The number of hydrogen-bond donors (Lipinski definition) is 1. The van der Waals surface area contributed by atoms with Crippen molar-refractivity contribution in [1.82, 2.24) is 34.3 Å². The minimum atomic E-state index is -4.63. The maximum absolute atomic E-state index is 13.1. The third-order valence-electron chi connectivity index (χ3n) is 5.01. The summed E-state index contributed by atoms with van der Waals surface area (Å²) in [6.07, 6.45) is -3.57. The zero-order valence-electron chi connectivity index (χ0n) is 16.5. The normalized spacial score (nSPS) is 17.6. The Bertz CT molecular complexity index is 1250. The number of halogens is 3. The monoisotopic (exact) mass is 450 g/mol. The van der Waals surface area contributed by atoms with Crippen LogP contribution in [-0.4, -0.2) is 60.1 Å². The fraction of sp³-hybridized carbons (Fsp3) is 0.389. The third-order valence-corrected chi connectivity index (χ3v) is 5.87. The van der Waals surface area contributed by atoms with Crippen molar-refractivity contribution in [3.8, 4) is 17.1 Å². The van der Waals surface area contributed by atoms with E-state index in [1.807, 2.05) is 19.9 Å². The molecule has 1 atom stereocenters. The summed E-state index contributed by atoms with van der Waals surface area (Å²) in [4.78, 5) is 10.3. The number of hydrogen-bond acceptors (Lipinski definition) is 8. The second-order valence-electron chi connectivity index (χ2n) is 7.26. The fourth-order valence-electron chi connectivity index (χ4n) is 3.51. The molecule has 1 N–H and O–H groups in total. The highest BCUT2D eigenvalue weighted by molar-refractivity contribution is 7.14. The molecule has 0 saturated carbocycles. The highest BCUT2D eigenvalue weighted by Gasteiger charge is 2.36. The molecule has 31 heavy (non-hydrogen) atoms. The number of ether oxygens (including phenoxy) is 1. The summed E-state index contributed by atoms with van der Waals surface area (Å²) in [7, 11) is 0. The van der Waals surface area contributed by atoms with E-state index in [1.54, 1.807) is 6.07 Å². The van der Waals surface area contributed by atoms with Gasteiger partial charge >= 0.3 is 6.18 Å². The number of aromatic nitrogens is 7. The van der Waals surface area contributed by atoms with E-state index in [0.29, 0.717) is 52.9 Å². The number of aromatic amines is 1. The van der Waals surface area contributed by atoms with Crippen LogP contribution in [0.1, 0.15) is 18.4 Å². The largest absolute Gasteiger partial charge is 0.453 e. The summed E-state index contributed by atoms with van der Waals surface area (Å²) in [5.74, 6) is -0.590. The van der Waals surface area contributed by atoms with Gasteiger partial charge in [0.2, 0.25) is 0 Å². The first-order chi connectivity index (χ1) is 14.8. The average molecular weight is 450 g/mol. The second kappa shape index (κ2) is 7.27.